The molecule has 0 aliphatic rings. The number of rotatable bonds is 5. The van der Waals surface area contributed by atoms with Crippen molar-refractivity contribution in [3.63, 3.8) is 0 Å². The maximum atomic E-state index is 11.8. The minimum absolute atomic E-state index is 0.325. The minimum Gasteiger partial charge on any atom is -0.462 e. The molecule has 1 aromatic carbocycles. The predicted molar refractivity (Wildman–Crippen MR) is 77.3 cm³/mol. The lowest BCUT2D eigenvalue weighted by Crippen LogP contribution is -2.09. The third-order valence-electron chi connectivity index (χ3n) is 2.80. The largest absolute Gasteiger partial charge is 0.462 e. The van der Waals surface area contributed by atoms with Crippen LogP contribution in [0.25, 0.3) is 0 Å². The quantitative estimate of drug-likeness (QED) is 0.641. The zero-order chi connectivity index (χ0) is 14.5. The van der Waals surface area contributed by atoms with Crippen LogP contribution in [0.3, 0.4) is 0 Å². The molecule has 1 heterocycles. The van der Waals surface area contributed by atoms with Gasteiger partial charge in [0.1, 0.15) is 0 Å². The molecule has 6 nitrogen and oxygen atoms in total. The van der Waals surface area contributed by atoms with E-state index in [1.165, 1.54) is 0 Å². The molecular formula is C14H18N4O2. The summed E-state index contributed by atoms with van der Waals surface area (Å²) in [4.78, 5) is 11.8. The van der Waals surface area contributed by atoms with Crippen LogP contribution >= 0.6 is 0 Å². The Hall–Kier alpha value is -2.50. The van der Waals surface area contributed by atoms with Gasteiger partial charge in [0.25, 0.3) is 0 Å². The van der Waals surface area contributed by atoms with Crippen LogP contribution in [0.15, 0.2) is 30.6 Å². The Balaban J connectivity index is 2.08. The lowest BCUT2D eigenvalue weighted by molar-refractivity contribution is 0.0527. The number of aryl methyl sites for hydroxylation is 1. The van der Waals surface area contributed by atoms with Crippen molar-refractivity contribution < 1.29 is 9.53 Å². The van der Waals surface area contributed by atoms with Gasteiger partial charge in [0, 0.05) is 36.7 Å². The van der Waals surface area contributed by atoms with Crippen molar-refractivity contribution in [3.8, 4) is 0 Å². The molecule has 6 heteroatoms. The van der Waals surface area contributed by atoms with Crippen molar-refractivity contribution in [1.29, 1.82) is 0 Å². The van der Waals surface area contributed by atoms with Crippen molar-refractivity contribution in [3.05, 3.63) is 41.7 Å². The lowest BCUT2D eigenvalue weighted by Gasteiger charge is -2.09. The molecule has 0 aliphatic carbocycles. The number of nitrogens with zero attached hydrogens (tertiary/aromatic N) is 2. The van der Waals surface area contributed by atoms with Crippen LogP contribution < -0.4 is 11.1 Å². The van der Waals surface area contributed by atoms with E-state index in [2.05, 4.69) is 10.4 Å². The van der Waals surface area contributed by atoms with Crippen molar-refractivity contribution >= 4 is 17.3 Å². The molecule has 1 aromatic heterocycles. The average molecular weight is 274 g/mol. The van der Waals surface area contributed by atoms with E-state index in [-0.39, 0.29) is 0 Å². The van der Waals surface area contributed by atoms with E-state index in [4.69, 9.17) is 10.5 Å². The zero-order valence-corrected chi connectivity index (χ0v) is 11.6. The number of benzene rings is 1. The molecule has 2 aromatic rings. The monoisotopic (exact) mass is 274 g/mol. The predicted octanol–water partition coefficient (Wildman–Crippen LogP) is 1.79. The van der Waals surface area contributed by atoms with Gasteiger partial charge in [-0.05, 0) is 25.1 Å². The number of hydrogen-bond donors (Lipinski definition) is 2. The number of carbonyl (C=O) groups excluding carboxylic acids is 1. The lowest BCUT2D eigenvalue weighted by atomic mass is 10.1. The summed E-state index contributed by atoms with van der Waals surface area (Å²) in [5, 5.41) is 7.32. The number of anilines is 2. The topological polar surface area (TPSA) is 82.2 Å². The van der Waals surface area contributed by atoms with Crippen LogP contribution in [0, 0.1) is 0 Å². The van der Waals surface area contributed by atoms with Gasteiger partial charge >= 0.3 is 5.97 Å². The maximum Gasteiger partial charge on any atom is 0.340 e. The smallest absolute Gasteiger partial charge is 0.340 e. The molecule has 2 rings (SSSR count). The highest BCUT2D eigenvalue weighted by Crippen LogP contribution is 2.19. The molecule has 0 atom stereocenters. The molecule has 0 amide bonds. The summed E-state index contributed by atoms with van der Waals surface area (Å²) in [7, 11) is 1.87. The fourth-order valence-corrected chi connectivity index (χ4v) is 1.82. The molecule has 0 unspecified atom stereocenters. The standard InChI is InChI=1S/C14H18N4O2/c1-3-20-14(19)12-6-11(4-5-13(12)15)16-7-10-8-17-18(2)9-10/h4-6,8-9,16H,3,7,15H2,1-2H3. The number of esters is 1. The maximum absolute atomic E-state index is 11.8. The van der Waals surface area contributed by atoms with E-state index in [0.29, 0.717) is 24.4 Å². The number of hydrogen-bond acceptors (Lipinski definition) is 5. The second-order valence-electron chi connectivity index (χ2n) is 4.40. The molecular weight excluding hydrogens is 256 g/mol. The van der Waals surface area contributed by atoms with Crippen molar-refractivity contribution in [2.24, 2.45) is 7.05 Å². The molecule has 106 valence electrons. The number of carbonyl (C=O) groups is 1. The first kappa shape index (κ1) is 13.9. The van der Waals surface area contributed by atoms with Gasteiger partial charge < -0.3 is 15.8 Å². The number of ether oxygens (including phenoxy) is 1. The molecule has 0 saturated carbocycles. The summed E-state index contributed by atoms with van der Waals surface area (Å²) in [6, 6.07) is 5.22. The van der Waals surface area contributed by atoms with Crippen LogP contribution in [0.1, 0.15) is 22.8 Å². The summed E-state index contributed by atoms with van der Waals surface area (Å²) in [5.74, 6) is -0.407. The first-order valence-corrected chi connectivity index (χ1v) is 6.38. The average Bonchev–Trinajstić information content (AvgIpc) is 2.84. The third-order valence-corrected chi connectivity index (χ3v) is 2.80. The minimum atomic E-state index is -0.407. The Morgan fingerprint density at radius 3 is 2.95 bits per heavy atom. The van der Waals surface area contributed by atoms with Gasteiger partial charge in [-0.1, -0.05) is 0 Å². The fourth-order valence-electron chi connectivity index (χ4n) is 1.82. The highest BCUT2D eigenvalue weighted by Gasteiger charge is 2.11. The number of aromatic nitrogens is 2. The van der Waals surface area contributed by atoms with Crippen LogP contribution in [0.4, 0.5) is 11.4 Å². The van der Waals surface area contributed by atoms with Gasteiger partial charge in [0.2, 0.25) is 0 Å². The van der Waals surface area contributed by atoms with Crippen LogP contribution in [-0.2, 0) is 18.3 Å². The summed E-state index contributed by atoms with van der Waals surface area (Å²) < 4.78 is 6.71. The number of nitrogens with one attached hydrogen (secondary N) is 1. The molecule has 0 saturated heterocycles. The van der Waals surface area contributed by atoms with Crippen molar-refractivity contribution in [1.82, 2.24) is 9.78 Å². The van der Waals surface area contributed by atoms with Gasteiger partial charge in [-0.3, -0.25) is 4.68 Å². The summed E-state index contributed by atoms with van der Waals surface area (Å²) >= 11 is 0. The molecule has 0 spiro atoms. The van der Waals surface area contributed by atoms with E-state index < -0.39 is 5.97 Å². The highest BCUT2D eigenvalue weighted by molar-refractivity contribution is 5.96. The van der Waals surface area contributed by atoms with Gasteiger partial charge in [-0.25, -0.2) is 4.79 Å². The summed E-state index contributed by atoms with van der Waals surface area (Å²) in [5.41, 5.74) is 8.45. The zero-order valence-electron chi connectivity index (χ0n) is 11.6. The summed E-state index contributed by atoms with van der Waals surface area (Å²) in [6.45, 7) is 2.71. The molecule has 3 N–H and O–H groups in total. The van der Waals surface area contributed by atoms with Gasteiger partial charge in [0.15, 0.2) is 0 Å². The molecule has 0 fully saturated rings. The number of nitrogens with two attached hydrogens (primary N) is 1. The Morgan fingerprint density at radius 1 is 1.50 bits per heavy atom. The normalized spacial score (nSPS) is 10.3. The van der Waals surface area contributed by atoms with Gasteiger partial charge in [-0.2, -0.15) is 5.10 Å². The second-order valence-corrected chi connectivity index (χ2v) is 4.40. The van der Waals surface area contributed by atoms with Crippen molar-refractivity contribution in [2.75, 3.05) is 17.7 Å². The van der Waals surface area contributed by atoms with E-state index in [1.54, 1.807) is 29.9 Å². The Labute approximate surface area is 117 Å². The summed E-state index contributed by atoms with van der Waals surface area (Å²) in [6.07, 6.45) is 3.72. The fraction of sp³-hybridized carbons (Fsp3) is 0.286. The Bertz CT molecular complexity index is 607. The molecule has 0 radical (unpaired) electrons. The van der Waals surface area contributed by atoms with Gasteiger partial charge in [0.05, 0.1) is 18.4 Å². The first-order chi connectivity index (χ1) is 9.60. The molecule has 0 bridgehead atoms. The van der Waals surface area contributed by atoms with E-state index >= 15 is 0 Å². The van der Waals surface area contributed by atoms with Crippen LogP contribution in [0.5, 0.6) is 0 Å². The van der Waals surface area contributed by atoms with E-state index in [0.717, 1.165) is 11.3 Å². The second kappa shape index (κ2) is 6.10. The van der Waals surface area contributed by atoms with Crippen LogP contribution in [0.2, 0.25) is 0 Å². The van der Waals surface area contributed by atoms with Crippen molar-refractivity contribution in [2.45, 2.75) is 13.5 Å². The Morgan fingerprint density at radius 2 is 2.30 bits per heavy atom. The highest BCUT2D eigenvalue weighted by atomic mass is 16.5. The van der Waals surface area contributed by atoms with E-state index in [1.807, 2.05) is 19.3 Å². The third kappa shape index (κ3) is 3.28. The van der Waals surface area contributed by atoms with Gasteiger partial charge in [-0.15, -0.1) is 0 Å². The SMILES string of the molecule is CCOC(=O)c1cc(NCc2cnn(C)c2)ccc1N. The number of nitrogen functional groups attached to an aromatic ring is 1. The molecule has 20 heavy (non-hydrogen) atoms. The first-order valence-electron chi connectivity index (χ1n) is 6.38. The van der Waals surface area contributed by atoms with E-state index in [9.17, 15) is 4.79 Å². The Kier molecular flexibility index (Phi) is 4.24. The molecule has 0 aliphatic heterocycles. The van der Waals surface area contributed by atoms with Crippen LogP contribution in [-0.4, -0.2) is 22.4 Å².